The molecule has 0 bridgehead atoms. The van der Waals surface area contributed by atoms with Gasteiger partial charge in [-0.05, 0) is 24.7 Å². The number of carbonyl (C=O) groups is 2. The molecule has 8 heteroatoms. The van der Waals surface area contributed by atoms with E-state index in [1.807, 2.05) is 6.92 Å². The molecular weight excluding hydrogens is 298 g/mol. The molecule has 0 amide bonds. The smallest absolute Gasteiger partial charge is 0.306 e. The van der Waals surface area contributed by atoms with E-state index in [0.29, 0.717) is 19.5 Å². The minimum absolute atomic E-state index is 0.0424. The fourth-order valence-electron chi connectivity index (χ4n) is 2.58. The number of ether oxygens (including phenoxy) is 1. The number of sulfonamides is 1. The molecule has 0 spiro atoms. The van der Waals surface area contributed by atoms with Crippen molar-refractivity contribution in [3.05, 3.63) is 0 Å². The van der Waals surface area contributed by atoms with Crippen LogP contribution >= 0.6 is 0 Å². The lowest BCUT2D eigenvalue weighted by Gasteiger charge is -2.34. The first-order valence-electron chi connectivity index (χ1n) is 7.02. The van der Waals surface area contributed by atoms with Gasteiger partial charge in [0.25, 0.3) is 0 Å². The van der Waals surface area contributed by atoms with Gasteiger partial charge in [0.15, 0.2) is 0 Å². The molecule has 21 heavy (non-hydrogen) atoms. The van der Waals surface area contributed by atoms with E-state index in [4.69, 9.17) is 5.11 Å². The van der Waals surface area contributed by atoms with Crippen molar-refractivity contribution in [1.82, 2.24) is 4.31 Å². The standard InChI is InChI=1S/C13H23NO6S/c1-10(8-12(15)16)11-4-3-6-14(9-11)21(18,19)7-5-13(17)20-2/h10-11H,3-9H2,1-2H3,(H,15,16). The fraction of sp³-hybridized carbons (Fsp3) is 0.846. The van der Waals surface area contributed by atoms with E-state index in [0.717, 1.165) is 6.42 Å². The Morgan fingerprint density at radius 1 is 1.43 bits per heavy atom. The Labute approximate surface area is 125 Å². The molecule has 1 saturated heterocycles. The van der Waals surface area contributed by atoms with Gasteiger partial charge in [-0.25, -0.2) is 12.7 Å². The molecule has 1 aliphatic heterocycles. The number of hydrogen-bond acceptors (Lipinski definition) is 5. The SMILES string of the molecule is COC(=O)CCS(=O)(=O)N1CCCC(C(C)CC(=O)O)C1. The third kappa shape index (κ3) is 5.62. The predicted octanol–water partition coefficient (Wildman–Crippen LogP) is 0.702. The molecule has 2 unspecified atom stereocenters. The molecular formula is C13H23NO6S. The van der Waals surface area contributed by atoms with Gasteiger partial charge in [0.2, 0.25) is 10.0 Å². The quantitative estimate of drug-likeness (QED) is 0.693. The summed E-state index contributed by atoms with van der Waals surface area (Å²) in [5.74, 6) is -1.71. The van der Waals surface area contributed by atoms with Crippen LogP contribution in [0.2, 0.25) is 0 Å². The molecule has 0 aromatic carbocycles. The van der Waals surface area contributed by atoms with E-state index in [2.05, 4.69) is 4.74 Å². The molecule has 1 N–H and O–H groups in total. The Morgan fingerprint density at radius 3 is 2.67 bits per heavy atom. The van der Waals surface area contributed by atoms with E-state index in [1.165, 1.54) is 11.4 Å². The summed E-state index contributed by atoms with van der Waals surface area (Å²) >= 11 is 0. The van der Waals surface area contributed by atoms with Crippen LogP contribution in [0.25, 0.3) is 0 Å². The second kappa shape index (κ2) is 7.74. The summed E-state index contributed by atoms with van der Waals surface area (Å²) in [6, 6.07) is 0. The number of aliphatic carboxylic acids is 1. The van der Waals surface area contributed by atoms with Crippen molar-refractivity contribution in [2.75, 3.05) is 26.0 Å². The van der Waals surface area contributed by atoms with Crippen LogP contribution in [0, 0.1) is 11.8 Å². The van der Waals surface area contributed by atoms with Gasteiger partial charge >= 0.3 is 11.9 Å². The number of nitrogens with zero attached hydrogens (tertiary/aromatic N) is 1. The monoisotopic (exact) mass is 321 g/mol. The van der Waals surface area contributed by atoms with Crippen LogP contribution in [0.15, 0.2) is 0 Å². The predicted molar refractivity (Wildman–Crippen MR) is 76.1 cm³/mol. The van der Waals surface area contributed by atoms with Crippen LogP contribution in [0.5, 0.6) is 0 Å². The van der Waals surface area contributed by atoms with Gasteiger partial charge in [-0.15, -0.1) is 0 Å². The lowest BCUT2D eigenvalue weighted by Crippen LogP contribution is -2.43. The summed E-state index contributed by atoms with van der Waals surface area (Å²) in [6.07, 6.45) is 1.43. The lowest BCUT2D eigenvalue weighted by molar-refractivity contribution is -0.140. The van der Waals surface area contributed by atoms with Crippen LogP contribution in [0.3, 0.4) is 0 Å². The molecule has 1 fully saturated rings. The lowest BCUT2D eigenvalue weighted by atomic mass is 9.85. The van der Waals surface area contributed by atoms with Crippen molar-refractivity contribution in [1.29, 1.82) is 0 Å². The van der Waals surface area contributed by atoms with E-state index >= 15 is 0 Å². The number of esters is 1. The first-order valence-corrected chi connectivity index (χ1v) is 8.63. The van der Waals surface area contributed by atoms with Crippen molar-refractivity contribution in [2.45, 2.75) is 32.6 Å². The fourth-order valence-corrected chi connectivity index (χ4v) is 4.09. The van der Waals surface area contributed by atoms with Gasteiger partial charge in [-0.2, -0.15) is 0 Å². The highest BCUT2D eigenvalue weighted by Gasteiger charge is 2.32. The van der Waals surface area contributed by atoms with Gasteiger partial charge < -0.3 is 9.84 Å². The van der Waals surface area contributed by atoms with Gasteiger partial charge in [0, 0.05) is 19.5 Å². The van der Waals surface area contributed by atoms with Crippen molar-refractivity contribution >= 4 is 22.0 Å². The highest BCUT2D eigenvalue weighted by Crippen LogP contribution is 2.27. The Bertz CT molecular complexity index is 475. The summed E-state index contributed by atoms with van der Waals surface area (Å²) < 4.78 is 30.2. The van der Waals surface area contributed by atoms with E-state index in [1.54, 1.807) is 0 Å². The van der Waals surface area contributed by atoms with Gasteiger partial charge in [-0.1, -0.05) is 6.92 Å². The first kappa shape index (κ1) is 17.9. The molecule has 0 aromatic rings. The number of methoxy groups -OCH3 is 1. The van der Waals surface area contributed by atoms with Gasteiger partial charge in [0.05, 0.1) is 19.3 Å². The topological polar surface area (TPSA) is 101 Å². The molecule has 0 aliphatic carbocycles. The number of carboxylic acid groups (broad SMARTS) is 1. The zero-order valence-corrected chi connectivity index (χ0v) is 13.3. The van der Waals surface area contributed by atoms with Crippen LogP contribution in [0.4, 0.5) is 0 Å². The van der Waals surface area contributed by atoms with E-state index in [-0.39, 0.29) is 30.4 Å². The molecule has 1 rings (SSSR count). The molecule has 1 heterocycles. The van der Waals surface area contributed by atoms with Crippen molar-refractivity contribution < 1.29 is 27.9 Å². The van der Waals surface area contributed by atoms with Gasteiger partial charge in [-0.3, -0.25) is 9.59 Å². The maximum absolute atomic E-state index is 12.2. The Balaban J connectivity index is 2.62. The number of rotatable bonds is 7. The highest BCUT2D eigenvalue weighted by molar-refractivity contribution is 7.89. The number of hydrogen-bond donors (Lipinski definition) is 1. The minimum Gasteiger partial charge on any atom is -0.481 e. The highest BCUT2D eigenvalue weighted by atomic mass is 32.2. The van der Waals surface area contributed by atoms with Crippen LogP contribution < -0.4 is 0 Å². The Kier molecular flexibility index (Phi) is 6.60. The third-order valence-electron chi connectivity index (χ3n) is 3.91. The molecule has 2 atom stereocenters. The average Bonchev–Trinajstić information content (AvgIpc) is 2.44. The van der Waals surface area contributed by atoms with E-state index in [9.17, 15) is 18.0 Å². The molecule has 7 nitrogen and oxygen atoms in total. The number of piperidine rings is 1. The van der Waals surface area contributed by atoms with Crippen molar-refractivity contribution in [3.63, 3.8) is 0 Å². The second-order valence-electron chi connectivity index (χ2n) is 5.48. The zero-order valence-electron chi connectivity index (χ0n) is 12.4. The van der Waals surface area contributed by atoms with Crippen LogP contribution in [-0.4, -0.2) is 55.7 Å². The number of carboxylic acids is 1. The Morgan fingerprint density at radius 2 is 2.10 bits per heavy atom. The van der Waals surface area contributed by atoms with Gasteiger partial charge in [0.1, 0.15) is 0 Å². The zero-order chi connectivity index (χ0) is 16.0. The van der Waals surface area contributed by atoms with Crippen LogP contribution in [-0.2, 0) is 24.3 Å². The summed E-state index contributed by atoms with van der Waals surface area (Å²) in [6.45, 7) is 2.60. The third-order valence-corrected chi connectivity index (χ3v) is 5.75. The second-order valence-corrected chi connectivity index (χ2v) is 7.57. The molecule has 122 valence electrons. The van der Waals surface area contributed by atoms with Crippen LogP contribution in [0.1, 0.15) is 32.6 Å². The first-order chi connectivity index (χ1) is 9.76. The Hall–Kier alpha value is -1.15. The molecule has 1 aliphatic rings. The summed E-state index contributed by atoms with van der Waals surface area (Å²) in [5, 5.41) is 8.83. The maximum Gasteiger partial charge on any atom is 0.306 e. The largest absolute Gasteiger partial charge is 0.481 e. The molecule has 0 aromatic heterocycles. The average molecular weight is 321 g/mol. The summed E-state index contributed by atoms with van der Waals surface area (Å²) in [5.41, 5.74) is 0. The van der Waals surface area contributed by atoms with Crippen molar-refractivity contribution in [3.8, 4) is 0 Å². The van der Waals surface area contributed by atoms with E-state index < -0.39 is 22.0 Å². The molecule has 0 radical (unpaired) electrons. The number of carbonyl (C=O) groups excluding carboxylic acids is 1. The normalized spacial score (nSPS) is 21.7. The minimum atomic E-state index is -3.50. The molecule has 0 saturated carbocycles. The summed E-state index contributed by atoms with van der Waals surface area (Å²) in [7, 11) is -2.28. The summed E-state index contributed by atoms with van der Waals surface area (Å²) in [4.78, 5) is 21.8. The van der Waals surface area contributed by atoms with Crippen molar-refractivity contribution in [2.24, 2.45) is 11.8 Å². The maximum atomic E-state index is 12.2.